The molecule has 3 aromatic heterocycles. The lowest BCUT2D eigenvalue weighted by molar-refractivity contribution is 0.298. The Kier molecular flexibility index (Phi) is 3.33. The molecule has 1 aliphatic rings. The third kappa shape index (κ3) is 2.18. The van der Waals surface area contributed by atoms with Crippen LogP contribution in [-0.2, 0) is 0 Å². The number of fused-ring (bicyclic) bond motifs is 1. The molecular weight excluding hydrogens is 294 g/mol. The van der Waals surface area contributed by atoms with Crippen molar-refractivity contribution in [3.63, 3.8) is 0 Å². The fourth-order valence-electron chi connectivity index (χ4n) is 3.28. The third-order valence-electron chi connectivity index (χ3n) is 4.64. The fraction of sp³-hybridized carbons (Fsp3) is 0.438. The molecule has 0 N–H and O–H groups in total. The van der Waals surface area contributed by atoms with Crippen LogP contribution in [0.3, 0.4) is 0 Å². The van der Waals surface area contributed by atoms with Crippen LogP contribution in [0.25, 0.3) is 10.2 Å². The Labute approximate surface area is 133 Å². The first-order chi connectivity index (χ1) is 10.7. The van der Waals surface area contributed by atoms with E-state index >= 15 is 0 Å². The van der Waals surface area contributed by atoms with Gasteiger partial charge in [-0.25, -0.2) is 15.0 Å². The van der Waals surface area contributed by atoms with E-state index in [9.17, 15) is 0 Å². The van der Waals surface area contributed by atoms with Crippen molar-refractivity contribution in [1.29, 1.82) is 0 Å². The lowest BCUT2D eigenvalue weighted by Gasteiger charge is -2.38. The number of aromatic nitrogens is 4. The minimum atomic E-state index is 0.447. The molecule has 1 fully saturated rings. The minimum absolute atomic E-state index is 0.447. The van der Waals surface area contributed by atoms with Crippen molar-refractivity contribution < 1.29 is 0 Å². The normalized spacial score (nSPS) is 22.4. The van der Waals surface area contributed by atoms with Crippen LogP contribution >= 0.6 is 11.3 Å². The van der Waals surface area contributed by atoms with Gasteiger partial charge in [-0.1, -0.05) is 6.92 Å². The molecule has 0 aliphatic carbocycles. The Balaban J connectivity index is 1.70. The van der Waals surface area contributed by atoms with E-state index in [4.69, 9.17) is 0 Å². The second-order valence-electron chi connectivity index (χ2n) is 6.08. The quantitative estimate of drug-likeness (QED) is 0.728. The van der Waals surface area contributed by atoms with Crippen LogP contribution in [0.5, 0.6) is 0 Å². The second-order valence-corrected chi connectivity index (χ2v) is 6.96. The number of thiophene rings is 1. The van der Waals surface area contributed by atoms with E-state index in [0.29, 0.717) is 12.0 Å². The zero-order valence-electron chi connectivity index (χ0n) is 12.8. The van der Waals surface area contributed by atoms with Gasteiger partial charge in [0.1, 0.15) is 12.1 Å². The maximum absolute atomic E-state index is 4.59. The summed E-state index contributed by atoms with van der Waals surface area (Å²) in [6, 6.07) is 0.447. The van der Waals surface area contributed by atoms with Gasteiger partial charge >= 0.3 is 0 Å². The van der Waals surface area contributed by atoms with Gasteiger partial charge in [0.25, 0.3) is 0 Å². The Hall–Kier alpha value is -1.95. The molecule has 0 amide bonds. The predicted octanol–water partition coefficient (Wildman–Crippen LogP) is 3.28. The highest BCUT2D eigenvalue weighted by Crippen LogP contribution is 2.35. The monoisotopic (exact) mass is 313 g/mol. The van der Waals surface area contributed by atoms with Gasteiger partial charge in [-0.05, 0) is 30.2 Å². The number of rotatable bonds is 2. The molecule has 5 nitrogen and oxygen atoms in total. The topological polar surface area (TPSA) is 46.8 Å². The number of imidazole rings is 1. The highest BCUT2D eigenvalue weighted by atomic mass is 32.1. The van der Waals surface area contributed by atoms with Crippen LogP contribution in [0.2, 0.25) is 0 Å². The van der Waals surface area contributed by atoms with E-state index in [1.54, 1.807) is 17.7 Å². The maximum Gasteiger partial charge on any atom is 0.150 e. The molecule has 4 rings (SSSR count). The summed E-state index contributed by atoms with van der Waals surface area (Å²) in [5.74, 6) is 1.73. The summed E-state index contributed by atoms with van der Waals surface area (Å²) in [5.41, 5.74) is 2.33. The van der Waals surface area contributed by atoms with Crippen molar-refractivity contribution in [1.82, 2.24) is 19.5 Å². The summed E-state index contributed by atoms with van der Waals surface area (Å²) in [6.07, 6.45) is 8.71. The van der Waals surface area contributed by atoms with Gasteiger partial charge < -0.3 is 9.47 Å². The van der Waals surface area contributed by atoms with Crippen molar-refractivity contribution in [2.45, 2.75) is 26.3 Å². The lowest BCUT2D eigenvalue weighted by Crippen LogP contribution is -2.41. The predicted molar refractivity (Wildman–Crippen MR) is 89.4 cm³/mol. The van der Waals surface area contributed by atoms with E-state index in [1.807, 2.05) is 12.5 Å². The molecule has 22 heavy (non-hydrogen) atoms. The Bertz CT molecular complexity index is 779. The number of piperidine rings is 1. The average Bonchev–Trinajstić information content (AvgIpc) is 3.18. The summed E-state index contributed by atoms with van der Waals surface area (Å²) in [7, 11) is 0. The standard InChI is InChI=1S/C16H19N5S/c1-11-3-5-20(7-13(11)21-6-4-17-10-21)16-15-14(18-9-19-16)12(2)8-22-15/h4,6,8-11,13H,3,5,7H2,1-2H3/t11-,13-/m1/s1. The van der Waals surface area contributed by atoms with E-state index in [-0.39, 0.29) is 0 Å². The molecule has 0 spiro atoms. The van der Waals surface area contributed by atoms with E-state index in [1.165, 1.54) is 16.7 Å². The third-order valence-corrected chi connectivity index (χ3v) is 5.72. The van der Waals surface area contributed by atoms with Crippen molar-refractivity contribution >= 4 is 27.4 Å². The molecule has 1 saturated heterocycles. The Morgan fingerprint density at radius 2 is 2.23 bits per heavy atom. The summed E-state index contributed by atoms with van der Waals surface area (Å²) in [6.45, 7) is 6.46. The largest absolute Gasteiger partial charge is 0.353 e. The van der Waals surface area contributed by atoms with Gasteiger partial charge in [0.05, 0.1) is 22.6 Å². The number of aryl methyl sites for hydroxylation is 1. The van der Waals surface area contributed by atoms with Crippen LogP contribution in [0.1, 0.15) is 24.9 Å². The second kappa shape index (κ2) is 5.35. The van der Waals surface area contributed by atoms with Gasteiger partial charge in [-0.3, -0.25) is 0 Å². The molecule has 0 saturated carbocycles. The average molecular weight is 313 g/mol. The molecule has 0 bridgehead atoms. The first kappa shape index (κ1) is 13.7. The SMILES string of the molecule is Cc1csc2c(N3CC[C@@H](C)[C@H](n4ccnc4)C3)ncnc12. The minimum Gasteiger partial charge on any atom is -0.353 e. The molecule has 3 aromatic rings. The Morgan fingerprint density at radius 3 is 3.05 bits per heavy atom. The molecule has 2 atom stereocenters. The van der Waals surface area contributed by atoms with Gasteiger partial charge in [-0.15, -0.1) is 11.3 Å². The van der Waals surface area contributed by atoms with Crippen molar-refractivity contribution in [2.24, 2.45) is 5.92 Å². The van der Waals surface area contributed by atoms with Crippen LogP contribution in [0.4, 0.5) is 5.82 Å². The first-order valence-corrected chi connectivity index (χ1v) is 8.53. The zero-order chi connectivity index (χ0) is 15.1. The number of hydrogen-bond acceptors (Lipinski definition) is 5. The van der Waals surface area contributed by atoms with Gasteiger partial charge in [0.2, 0.25) is 0 Å². The van der Waals surface area contributed by atoms with E-state index in [2.05, 4.69) is 49.8 Å². The highest BCUT2D eigenvalue weighted by molar-refractivity contribution is 7.18. The highest BCUT2D eigenvalue weighted by Gasteiger charge is 2.29. The first-order valence-electron chi connectivity index (χ1n) is 7.65. The van der Waals surface area contributed by atoms with Gasteiger partial charge in [-0.2, -0.15) is 0 Å². The molecule has 114 valence electrons. The van der Waals surface area contributed by atoms with Crippen LogP contribution in [-0.4, -0.2) is 32.6 Å². The number of anilines is 1. The Morgan fingerprint density at radius 1 is 1.32 bits per heavy atom. The summed E-state index contributed by atoms with van der Waals surface area (Å²) in [4.78, 5) is 15.6. The van der Waals surface area contributed by atoms with E-state index in [0.717, 1.165) is 24.4 Å². The smallest absolute Gasteiger partial charge is 0.150 e. The number of nitrogens with zero attached hydrogens (tertiary/aromatic N) is 5. The van der Waals surface area contributed by atoms with Gasteiger partial charge in [0.15, 0.2) is 0 Å². The van der Waals surface area contributed by atoms with Crippen molar-refractivity contribution in [3.8, 4) is 0 Å². The zero-order valence-corrected chi connectivity index (χ0v) is 13.6. The molecule has 0 unspecified atom stereocenters. The van der Waals surface area contributed by atoms with Gasteiger partial charge in [0, 0.05) is 25.5 Å². The van der Waals surface area contributed by atoms with Crippen LogP contribution < -0.4 is 4.90 Å². The molecule has 0 radical (unpaired) electrons. The van der Waals surface area contributed by atoms with Crippen molar-refractivity contribution in [2.75, 3.05) is 18.0 Å². The summed E-state index contributed by atoms with van der Waals surface area (Å²) in [5, 5.41) is 2.17. The number of hydrogen-bond donors (Lipinski definition) is 0. The van der Waals surface area contributed by atoms with E-state index < -0.39 is 0 Å². The van der Waals surface area contributed by atoms with Crippen LogP contribution in [0, 0.1) is 12.8 Å². The molecule has 1 aliphatic heterocycles. The van der Waals surface area contributed by atoms with Crippen LogP contribution in [0.15, 0.2) is 30.4 Å². The summed E-state index contributed by atoms with van der Waals surface area (Å²) < 4.78 is 3.44. The lowest BCUT2D eigenvalue weighted by atomic mass is 9.93. The van der Waals surface area contributed by atoms with Crippen molar-refractivity contribution in [3.05, 3.63) is 36.0 Å². The molecule has 6 heteroatoms. The molecule has 4 heterocycles. The maximum atomic E-state index is 4.59. The molecular formula is C16H19N5S. The fourth-order valence-corrected chi connectivity index (χ4v) is 4.30. The molecule has 0 aromatic carbocycles. The summed E-state index contributed by atoms with van der Waals surface area (Å²) >= 11 is 1.75.